The zero-order chi connectivity index (χ0) is 27.5. The third kappa shape index (κ3) is 4.31. The maximum atomic E-state index is 6.65. The number of anilines is 2. The standard InChI is InChI=1S/C37H32Cl2N2/c38-32-13-3-1-7-28(32)36-26-11-5-9-24(26)30-20-22(15-17-34(30)40-36)19-23-16-18-35-31(21-23)25-10-6-12-27(25)37(41-35)29-8-2-4-14-33(29)39/h1-10,13-18,20-21,24-27,36-37,40-41H,11-12,19H2/t24-,25-,26+,27+,36-,37-/m0/s1. The van der Waals surface area contributed by atoms with Crippen molar-refractivity contribution in [2.45, 2.75) is 43.2 Å². The van der Waals surface area contributed by atoms with E-state index in [-0.39, 0.29) is 12.1 Å². The van der Waals surface area contributed by atoms with E-state index in [0.29, 0.717) is 23.7 Å². The Bertz CT molecular complexity index is 1580. The molecular formula is C37H32Cl2N2. The van der Waals surface area contributed by atoms with E-state index in [9.17, 15) is 0 Å². The summed E-state index contributed by atoms with van der Waals surface area (Å²) in [5, 5.41) is 9.39. The van der Waals surface area contributed by atoms with Gasteiger partial charge >= 0.3 is 0 Å². The number of halogens is 2. The number of hydrogen-bond acceptors (Lipinski definition) is 2. The number of allylic oxidation sites excluding steroid dienone is 4. The topological polar surface area (TPSA) is 24.1 Å². The predicted molar refractivity (Wildman–Crippen MR) is 171 cm³/mol. The SMILES string of the molecule is Clc1ccccc1[C@H]1Nc2ccc(Cc3ccc4c(c3)[C@H]3C=CC[C@H]3[C@@H](c3ccccc3Cl)N4)cc2[C@H]2C=CC[C@H]21. The van der Waals surface area contributed by atoms with Crippen molar-refractivity contribution >= 4 is 34.6 Å². The molecule has 0 saturated heterocycles. The Hall–Kier alpha value is -3.46. The molecule has 204 valence electrons. The molecule has 2 aliphatic carbocycles. The van der Waals surface area contributed by atoms with Gasteiger partial charge in [0.15, 0.2) is 0 Å². The van der Waals surface area contributed by atoms with Crippen molar-refractivity contribution in [2.75, 3.05) is 10.6 Å². The number of rotatable bonds is 4. The maximum absolute atomic E-state index is 6.65. The van der Waals surface area contributed by atoms with Crippen LogP contribution >= 0.6 is 23.2 Å². The molecular weight excluding hydrogens is 543 g/mol. The molecule has 2 N–H and O–H groups in total. The van der Waals surface area contributed by atoms with Crippen molar-refractivity contribution < 1.29 is 0 Å². The van der Waals surface area contributed by atoms with Crippen LogP contribution in [0.25, 0.3) is 0 Å². The second-order valence-corrected chi connectivity index (χ2v) is 12.8. The molecule has 0 saturated carbocycles. The molecule has 6 atom stereocenters. The average Bonchev–Trinajstić information content (AvgIpc) is 3.69. The van der Waals surface area contributed by atoms with Crippen LogP contribution in [0, 0.1) is 11.8 Å². The summed E-state index contributed by atoms with van der Waals surface area (Å²) in [5.41, 5.74) is 10.4. The predicted octanol–water partition coefficient (Wildman–Crippen LogP) is 10.2. The van der Waals surface area contributed by atoms with E-state index in [2.05, 4.69) is 95.6 Å². The summed E-state index contributed by atoms with van der Waals surface area (Å²) >= 11 is 13.3. The van der Waals surface area contributed by atoms with Crippen LogP contribution in [0.3, 0.4) is 0 Å². The van der Waals surface area contributed by atoms with E-state index in [1.54, 1.807) is 0 Å². The zero-order valence-electron chi connectivity index (χ0n) is 22.7. The summed E-state index contributed by atoms with van der Waals surface area (Å²) in [7, 11) is 0. The molecule has 0 aromatic heterocycles. The van der Waals surface area contributed by atoms with Gasteiger partial charge in [0, 0.05) is 33.3 Å². The van der Waals surface area contributed by atoms with Gasteiger partial charge in [-0.3, -0.25) is 0 Å². The van der Waals surface area contributed by atoms with Crippen LogP contribution in [0.2, 0.25) is 10.0 Å². The summed E-state index contributed by atoms with van der Waals surface area (Å²) in [6.45, 7) is 0. The lowest BCUT2D eigenvalue weighted by molar-refractivity contribution is 0.425. The van der Waals surface area contributed by atoms with Crippen LogP contribution in [0.1, 0.15) is 70.1 Å². The number of nitrogens with one attached hydrogen (secondary N) is 2. The highest BCUT2D eigenvalue weighted by atomic mass is 35.5. The van der Waals surface area contributed by atoms with Gasteiger partial charge in [-0.05, 0) is 88.7 Å². The average molecular weight is 576 g/mol. The highest BCUT2D eigenvalue weighted by Crippen LogP contribution is 2.52. The van der Waals surface area contributed by atoms with Gasteiger partial charge in [0.2, 0.25) is 0 Å². The molecule has 4 heteroatoms. The monoisotopic (exact) mass is 574 g/mol. The highest BCUT2D eigenvalue weighted by Gasteiger charge is 2.40. The first-order valence-corrected chi connectivity index (χ1v) is 15.5. The zero-order valence-corrected chi connectivity index (χ0v) is 24.2. The van der Waals surface area contributed by atoms with E-state index in [1.807, 2.05) is 24.3 Å². The van der Waals surface area contributed by atoms with E-state index >= 15 is 0 Å². The molecule has 4 aliphatic rings. The van der Waals surface area contributed by atoms with Crippen LogP contribution in [-0.4, -0.2) is 0 Å². The van der Waals surface area contributed by atoms with Gasteiger partial charge in [0.25, 0.3) is 0 Å². The van der Waals surface area contributed by atoms with E-state index < -0.39 is 0 Å². The summed E-state index contributed by atoms with van der Waals surface area (Å²) in [4.78, 5) is 0. The Morgan fingerprint density at radius 1 is 0.561 bits per heavy atom. The van der Waals surface area contributed by atoms with Gasteiger partial charge in [-0.15, -0.1) is 0 Å². The quantitative estimate of drug-likeness (QED) is 0.237. The number of benzene rings is 4. The lowest BCUT2D eigenvalue weighted by Crippen LogP contribution is -2.29. The van der Waals surface area contributed by atoms with Crippen molar-refractivity contribution in [3.05, 3.63) is 153 Å². The first-order chi connectivity index (χ1) is 20.1. The summed E-state index contributed by atoms with van der Waals surface area (Å²) in [6.07, 6.45) is 12.6. The van der Waals surface area contributed by atoms with Gasteiger partial charge < -0.3 is 10.6 Å². The molecule has 0 spiro atoms. The largest absolute Gasteiger partial charge is 0.378 e. The third-order valence-corrected chi connectivity index (χ3v) is 10.4. The maximum Gasteiger partial charge on any atom is 0.0568 e. The molecule has 4 aromatic carbocycles. The Balaban J connectivity index is 1.08. The van der Waals surface area contributed by atoms with Crippen LogP contribution in [0.15, 0.2) is 109 Å². The molecule has 8 rings (SSSR count). The lowest BCUT2D eigenvalue weighted by atomic mass is 9.76. The van der Waals surface area contributed by atoms with E-state index in [0.717, 1.165) is 29.3 Å². The van der Waals surface area contributed by atoms with Crippen LogP contribution in [0.5, 0.6) is 0 Å². The van der Waals surface area contributed by atoms with Gasteiger partial charge in [0.05, 0.1) is 12.1 Å². The van der Waals surface area contributed by atoms with Gasteiger partial charge in [-0.25, -0.2) is 0 Å². The second-order valence-electron chi connectivity index (χ2n) is 12.0. The lowest BCUT2D eigenvalue weighted by Gasteiger charge is -2.38. The Kier molecular flexibility index (Phi) is 6.23. The molecule has 2 aliphatic heterocycles. The van der Waals surface area contributed by atoms with Gasteiger partial charge in [-0.1, -0.05) is 108 Å². The van der Waals surface area contributed by atoms with Crippen LogP contribution < -0.4 is 10.6 Å². The highest BCUT2D eigenvalue weighted by molar-refractivity contribution is 6.31. The van der Waals surface area contributed by atoms with Crippen LogP contribution in [-0.2, 0) is 6.42 Å². The molecule has 4 aromatic rings. The van der Waals surface area contributed by atoms with Gasteiger partial charge in [-0.2, -0.15) is 0 Å². The fourth-order valence-electron chi connectivity index (χ4n) is 7.81. The van der Waals surface area contributed by atoms with Crippen molar-refractivity contribution in [3.8, 4) is 0 Å². The molecule has 0 amide bonds. The van der Waals surface area contributed by atoms with Gasteiger partial charge in [0.1, 0.15) is 0 Å². The molecule has 0 fully saturated rings. The smallest absolute Gasteiger partial charge is 0.0568 e. The Labute approximate surface area is 252 Å². The minimum absolute atomic E-state index is 0.220. The minimum atomic E-state index is 0.220. The fourth-order valence-corrected chi connectivity index (χ4v) is 8.32. The first-order valence-electron chi connectivity index (χ1n) is 14.7. The van der Waals surface area contributed by atoms with Crippen molar-refractivity contribution in [2.24, 2.45) is 11.8 Å². The Morgan fingerprint density at radius 3 is 1.49 bits per heavy atom. The molecule has 41 heavy (non-hydrogen) atoms. The summed E-state index contributed by atoms with van der Waals surface area (Å²) in [5.74, 6) is 1.77. The Morgan fingerprint density at radius 2 is 1.02 bits per heavy atom. The molecule has 2 nitrogen and oxygen atoms in total. The second kappa shape index (κ2) is 10.1. The fraction of sp³-hybridized carbons (Fsp3) is 0.243. The number of fused-ring (bicyclic) bond motifs is 6. The first kappa shape index (κ1) is 25.3. The minimum Gasteiger partial charge on any atom is -0.378 e. The van der Waals surface area contributed by atoms with Crippen molar-refractivity contribution in [1.29, 1.82) is 0 Å². The van der Waals surface area contributed by atoms with Crippen molar-refractivity contribution in [3.63, 3.8) is 0 Å². The van der Waals surface area contributed by atoms with E-state index in [4.69, 9.17) is 23.2 Å². The third-order valence-electron chi connectivity index (χ3n) is 9.74. The summed E-state index contributed by atoms with van der Waals surface area (Å²) in [6, 6.07) is 31.0. The molecule has 0 unspecified atom stereocenters. The number of hydrogen-bond donors (Lipinski definition) is 2. The molecule has 0 bridgehead atoms. The van der Waals surface area contributed by atoms with Crippen molar-refractivity contribution in [1.82, 2.24) is 0 Å². The molecule has 2 heterocycles. The summed E-state index contributed by atoms with van der Waals surface area (Å²) < 4.78 is 0. The molecule has 0 radical (unpaired) electrons. The van der Waals surface area contributed by atoms with E-state index in [1.165, 1.54) is 44.8 Å². The normalized spacial score (nSPS) is 26.9. The van der Waals surface area contributed by atoms with Crippen LogP contribution in [0.4, 0.5) is 11.4 Å².